The van der Waals surface area contributed by atoms with E-state index in [9.17, 15) is 4.79 Å². The van der Waals surface area contributed by atoms with Crippen molar-refractivity contribution >= 4 is 11.6 Å². The van der Waals surface area contributed by atoms with Gasteiger partial charge >= 0.3 is 0 Å². The summed E-state index contributed by atoms with van der Waals surface area (Å²) in [5.74, 6) is 1.32. The van der Waals surface area contributed by atoms with Crippen LogP contribution in [0.25, 0.3) is 0 Å². The molecule has 4 nitrogen and oxygen atoms in total. The van der Waals surface area contributed by atoms with Crippen LogP contribution in [0.1, 0.15) is 26.7 Å². The van der Waals surface area contributed by atoms with Crippen LogP contribution in [0.3, 0.4) is 0 Å². The number of hydrogen-bond acceptors (Lipinski definition) is 4. The SMILES string of the molecule is CC1(C)CC(=O)C=C(N2CCN(c3ccccn3)CC2)C1. The number of allylic oxidation sites excluding steroid dienone is 2. The minimum absolute atomic E-state index is 0.0965. The number of anilines is 1. The number of piperazine rings is 1. The van der Waals surface area contributed by atoms with Gasteiger partial charge in [0.15, 0.2) is 5.78 Å². The van der Waals surface area contributed by atoms with Crippen LogP contribution >= 0.6 is 0 Å². The van der Waals surface area contributed by atoms with Crippen molar-refractivity contribution < 1.29 is 4.79 Å². The lowest BCUT2D eigenvalue weighted by molar-refractivity contribution is -0.117. The molecule has 1 aromatic heterocycles. The predicted octanol–water partition coefficient (Wildman–Crippen LogP) is 2.48. The van der Waals surface area contributed by atoms with Crippen LogP contribution in [0.2, 0.25) is 0 Å². The number of pyridine rings is 1. The molecule has 0 radical (unpaired) electrons. The highest BCUT2D eigenvalue weighted by molar-refractivity contribution is 5.91. The largest absolute Gasteiger partial charge is 0.371 e. The van der Waals surface area contributed by atoms with Crippen molar-refractivity contribution in [2.24, 2.45) is 5.41 Å². The van der Waals surface area contributed by atoms with E-state index in [2.05, 4.69) is 34.7 Å². The summed E-state index contributed by atoms with van der Waals surface area (Å²) in [6.07, 6.45) is 5.38. The first-order chi connectivity index (χ1) is 10.0. The van der Waals surface area contributed by atoms with Gasteiger partial charge in [0.05, 0.1) is 0 Å². The number of ketones is 1. The number of hydrogen-bond donors (Lipinski definition) is 0. The lowest BCUT2D eigenvalue weighted by Gasteiger charge is -2.41. The van der Waals surface area contributed by atoms with Gasteiger partial charge in [-0.15, -0.1) is 0 Å². The average molecular weight is 285 g/mol. The molecule has 1 fully saturated rings. The van der Waals surface area contributed by atoms with E-state index in [1.807, 2.05) is 24.4 Å². The second kappa shape index (κ2) is 5.51. The Morgan fingerprint density at radius 3 is 2.38 bits per heavy atom. The normalized spacial score (nSPS) is 22.2. The van der Waals surface area contributed by atoms with Crippen LogP contribution in [0.15, 0.2) is 36.2 Å². The van der Waals surface area contributed by atoms with Gasteiger partial charge in [0, 0.05) is 50.6 Å². The molecule has 0 atom stereocenters. The molecule has 1 aliphatic heterocycles. The van der Waals surface area contributed by atoms with Crippen LogP contribution in [0, 0.1) is 5.41 Å². The van der Waals surface area contributed by atoms with E-state index in [1.54, 1.807) is 0 Å². The maximum Gasteiger partial charge on any atom is 0.157 e. The molecule has 1 aromatic rings. The predicted molar refractivity (Wildman–Crippen MR) is 84.1 cm³/mol. The van der Waals surface area contributed by atoms with E-state index >= 15 is 0 Å². The standard InChI is InChI=1S/C17H23N3O/c1-17(2)12-14(11-15(21)13-17)19-7-9-20(10-8-19)16-5-3-4-6-18-16/h3-6,11H,7-10,12-13H2,1-2H3. The van der Waals surface area contributed by atoms with E-state index in [4.69, 9.17) is 0 Å². The summed E-state index contributed by atoms with van der Waals surface area (Å²) in [6, 6.07) is 6.03. The van der Waals surface area contributed by atoms with Crippen LogP contribution in [0.4, 0.5) is 5.82 Å². The van der Waals surface area contributed by atoms with Gasteiger partial charge in [-0.05, 0) is 24.0 Å². The van der Waals surface area contributed by atoms with E-state index < -0.39 is 0 Å². The zero-order valence-electron chi connectivity index (χ0n) is 12.9. The molecule has 0 bridgehead atoms. The molecular formula is C17H23N3O. The Kier molecular flexibility index (Phi) is 3.70. The number of carbonyl (C=O) groups is 1. The second-order valence-corrected chi connectivity index (χ2v) is 6.78. The quantitative estimate of drug-likeness (QED) is 0.836. The van der Waals surface area contributed by atoms with Crippen LogP contribution in [-0.4, -0.2) is 41.8 Å². The fourth-order valence-corrected chi connectivity index (χ4v) is 3.28. The Bertz CT molecular complexity index is 542. The molecule has 3 rings (SSSR count). The van der Waals surface area contributed by atoms with E-state index in [0.717, 1.165) is 38.4 Å². The van der Waals surface area contributed by atoms with Crippen molar-refractivity contribution in [3.63, 3.8) is 0 Å². The molecule has 21 heavy (non-hydrogen) atoms. The lowest BCUT2D eigenvalue weighted by Crippen LogP contribution is -2.47. The summed E-state index contributed by atoms with van der Waals surface area (Å²) < 4.78 is 0. The van der Waals surface area contributed by atoms with Gasteiger partial charge < -0.3 is 9.80 Å². The van der Waals surface area contributed by atoms with E-state index in [0.29, 0.717) is 6.42 Å². The summed E-state index contributed by atoms with van der Waals surface area (Å²) in [4.78, 5) is 21.0. The fourth-order valence-electron chi connectivity index (χ4n) is 3.28. The Balaban J connectivity index is 1.65. The van der Waals surface area contributed by atoms with Gasteiger partial charge in [-0.3, -0.25) is 4.79 Å². The first-order valence-electron chi connectivity index (χ1n) is 7.68. The molecule has 4 heteroatoms. The van der Waals surface area contributed by atoms with E-state index in [1.165, 1.54) is 5.70 Å². The summed E-state index contributed by atoms with van der Waals surface area (Å²) in [5, 5.41) is 0. The van der Waals surface area contributed by atoms with Gasteiger partial charge in [0.25, 0.3) is 0 Å². The van der Waals surface area contributed by atoms with Gasteiger partial charge in [-0.25, -0.2) is 4.98 Å². The Hall–Kier alpha value is -1.84. The third kappa shape index (κ3) is 3.26. The average Bonchev–Trinajstić information content (AvgIpc) is 2.46. The maximum atomic E-state index is 11.9. The monoisotopic (exact) mass is 285 g/mol. The van der Waals surface area contributed by atoms with Crippen LogP contribution in [0.5, 0.6) is 0 Å². The number of rotatable bonds is 2. The summed E-state index contributed by atoms with van der Waals surface area (Å²) in [6.45, 7) is 8.22. The molecule has 112 valence electrons. The van der Waals surface area contributed by atoms with Crippen LogP contribution < -0.4 is 4.90 Å². The molecule has 1 saturated heterocycles. The molecule has 1 aliphatic carbocycles. The van der Waals surface area contributed by atoms with Crippen molar-refractivity contribution in [1.82, 2.24) is 9.88 Å². The highest BCUT2D eigenvalue weighted by Gasteiger charge is 2.31. The fraction of sp³-hybridized carbons (Fsp3) is 0.529. The van der Waals surface area contributed by atoms with Crippen molar-refractivity contribution in [2.75, 3.05) is 31.1 Å². The molecule has 2 aliphatic rings. The van der Waals surface area contributed by atoms with Gasteiger partial charge in [0.2, 0.25) is 0 Å². The highest BCUT2D eigenvalue weighted by atomic mass is 16.1. The van der Waals surface area contributed by atoms with Crippen molar-refractivity contribution in [1.29, 1.82) is 0 Å². The Labute approximate surface area is 126 Å². The highest BCUT2D eigenvalue weighted by Crippen LogP contribution is 2.35. The van der Waals surface area contributed by atoms with Crippen molar-refractivity contribution in [3.05, 3.63) is 36.2 Å². The van der Waals surface area contributed by atoms with Gasteiger partial charge in [0.1, 0.15) is 5.82 Å². The molecule has 0 N–H and O–H groups in total. The first kappa shape index (κ1) is 14.1. The number of aromatic nitrogens is 1. The lowest BCUT2D eigenvalue weighted by atomic mass is 9.78. The molecule has 0 saturated carbocycles. The van der Waals surface area contributed by atoms with Gasteiger partial charge in [-0.1, -0.05) is 19.9 Å². The number of nitrogens with zero attached hydrogens (tertiary/aromatic N) is 3. The molecule has 0 amide bonds. The molecule has 0 unspecified atom stereocenters. The third-order valence-electron chi connectivity index (χ3n) is 4.30. The van der Waals surface area contributed by atoms with Crippen LogP contribution in [-0.2, 0) is 4.79 Å². The minimum Gasteiger partial charge on any atom is -0.371 e. The molecule has 0 aromatic carbocycles. The summed E-state index contributed by atoms with van der Waals surface area (Å²) in [5.41, 5.74) is 1.32. The zero-order valence-corrected chi connectivity index (χ0v) is 12.9. The molecule has 2 heterocycles. The molecule has 0 spiro atoms. The topological polar surface area (TPSA) is 36.4 Å². The summed E-state index contributed by atoms with van der Waals surface area (Å²) in [7, 11) is 0. The Morgan fingerprint density at radius 2 is 1.76 bits per heavy atom. The van der Waals surface area contributed by atoms with E-state index in [-0.39, 0.29) is 11.2 Å². The van der Waals surface area contributed by atoms with Crippen molar-refractivity contribution in [3.8, 4) is 0 Å². The maximum absolute atomic E-state index is 11.9. The third-order valence-corrected chi connectivity index (χ3v) is 4.30. The second-order valence-electron chi connectivity index (χ2n) is 6.78. The minimum atomic E-state index is 0.0965. The zero-order chi connectivity index (χ0) is 14.9. The first-order valence-corrected chi connectivity index (χ1v) is 7.68. The van der Waals surface area contributed by atoms with Crippen molar-refractivity contribution in [2.45, 2.75) is 26.7 Å². The smallest absolute Gasteiger partial charge is 0.157 e. The Morgan fingerprint density at radius 1 is 1.05 bits per heavy atom. The number of carbonyl (C=O) groups excluding carboxylic acids is 1. The molecular weight excluding hydrogens is 262 g/mol. The van der Waals surface area contributed by atoms with Gasteiger partial charge in [-0.2, -0.15) is 0 Å². The summed E-state index contributed by atoms with van der Waals surface area (Å²) >= 11 is 0.